The molecule has 2 aromatic rings. The summed E-state index contributed by atoms with van der Waals surface area (Å²) < 4.78 is 1.14. The normalized spacial score (nSPS) is 12.3. The number of rotatable bonds is 1. The Balaban J connectivity index is 2.50. The van der Waals surface area contributed by atoms with Crippen molar-refractivity contribution >= 4 is 26.8 Å². The van der Waals surface area contributed by atoms with Crippen LogP contribution in [0.2, 0.25) is 0 Å². The van der Waals surface area contributed by atoms with E-state index in [1.165, 1.54) is 16.5 Å². The number of hydrogen-bond acceptors (Lipinski definition) is 0. The Bertz CT molecular complexity index is 477. The summed E-state index contributed by atoms with van der Waals surface area (Å²) >= 11 is 3.56. The molecule has 15 heavy (non-hydrogen) atoms. The average Bonchev–Trinajstić information content (AvgIpc) is 2.48. The molecular weight excluding hydrogens is 250 g/mol. The first-order valence-electron chi connectivity index (χ1n) is 5.22. The molecule has 0 spiro atoms. The van der Waals surface area contributed by atoms with Gasteiger partial charge in [0.25, 0.3) is 0 Å². The van der Waals surface area contributed by atoms with Gasteiger partial charge in [0.05, 0.1) is 5.52 Å². The molecule has 0 aliphatic heterocycles. The highest BCUT2D eigenvalue weighted by Gasteiger charge is 2.14. The molecule has 0 atom stereocenters. The van der Waals surface area contributed by atoms with Gasteiger partial charge in [-0.2, -0.15) is 0 Å². The second-order valence-corrected chi connectivity index (χ2v) is 6.07. The van der Waals surface area contributed by atoms with Crippen molar-refractivity contribution in [2.24, 2.45) is 5.41 Å². The zero-order chi connectivity index (χ0) is 11.1. The maximum absolute atomic E-state index is 3.56. The summed E-state index contributed by atoms with van der Waals surface area (Å²) in [6, 6.07) is 6.34. The van der Waals surface area contributed by atoms with Crippen LogP contribution in [0.4, 0.5) is 0 Å². The van der Waals surface area contributed by atoms with E-state index in [4.69, 9.17) is 0 Å². The van der Waals surface area contributed by atoms with E-state index in [2.05, 4.69) is 66.1 Å². The SMILES string of the molecule is CC(C)(C)Cc1c[nH]c2c(Br)cccc12. The standard InChI is InChI=1S/C13H16BrN/c1-13(2,3)7-9-8-15-12-10(9)5-4-6-11(12)14/h4-6,8,15H,7H2,1-3H3. The monoisotopic (exact) mass is 265 g/mol. The largest absolute Gasteiger partial charge is 0.360 e. The molecular formula is C13H16BrN. The molecule has 1 aromatic carbocycles. The Labute approximate surface area is 99.0 Å². The fourth-order valence-corrected chi connectivity index (χ4v) is 2.37. The molecule has 1 aromatic heterocycles. The fraction of sp³-hybridized carbons (Fsp3) is 0.385. The van der Waals surface area contributed by atoms with Gasteiger partial charge in [-0.25, -0.2) is 0 Å². The number of hydrogen-bond donors (Lipinski definition) is 1. The Morgan fingerprint density at radius 2 is 2.00 bits per heavy atom. The van der Waals surface area contributed by atoms with Crippen LogP contribution in [0, 0.1) is 5.41 Å². The molecule has 0 aliphatic carbocycles. The molecule has 0 bridgehead atoms. The Morgan fingerprint density at radius 3 is 2.67 bits per heavy atom. The van der Waals surface area contributed by atoms with Gasteiger partial charge in [0.1, 0.15) is 0 Å². The number of fused-ring (bicyclic) bond motifs is 1. The average molecular weight is 266 g/mol. The van der Waals surface area contributed by atoms with E-state index in [0.29, 0.717) is 5.41 Å². The first-order valence-corrected chi connectivity index (χ1v) is 6.01. The van der Waals surface area contributed by atoms with Crippen LogP contribution in [-0.2, 0) is 6.42 Å². The van der Waals surface area contributed by atoms with Gasteiger partial charge >= 0.3 is 0 Å². The molecule has 2 rings (SSSR count). The van der Waals surface area contributed by atoms with E-state index >= 15 is 0 Å². The molecule has 0 saturated carbocycles. The first-order chi connectivity index (χ1) is 6.97. The lowest BCUT2D eigenvalue weighted by Crippen LogP contribution is -2.08. The number of para-hydroxylation sites is 1. The Hall–Kier alpha value is -0.760. The Morgan fingerprint density at radius 1 is 1.27 bits per heavy atom. The zero-order valence-electron chi connectivity index (χ0n) is 9.39. The van der Waals surface area contributed by atoms with Crippen molar-refractivity contribution in [1.29, 1.82) is 0 Å². The first kappa shape index (κ1) is 10.7. The van der Waals surface area contributed by atoms with E-state index in [9.17, 15) is 0 Å². The van der Waals surface area contributed by atoms with Crippen molar-refractivity contribution in [3.05, 3.63) is 34.4 Å². The number of aromatic nitrogens is 1. The van der Waals surface area contributed by atoms with Gasteiger partial charge in [-0.05, 0) is 39.4 Å². The highest BCUT2D eigenvalue weighted by atomic mass is 79.9. The van der Waals surface area contributed by atoms with Crippen molar-refractivity contribution in [3.63, 3.8) is 0 Å². The van der Waals surface area contributed by atoms with Gasteiger partial charge in [0, 0.05) is 16.1 Å². The molecule has 1 nitrogen and oxygen atoms in total. The lowest BCUT2D eigenvalue weighted by atomic mass is 9.88. The topological polar surface area (TPSA) is 15.8 Å². The summed E-state index contributed by atoms with van der Waals surface area (Å²) in [4.78, 5) is 3.33. The van der Waals surface area contributed by atoms with E-state index in [-0.39, 0.29) is 0 Å². The molecule has 0 radical (unpaired) electrons. The molecule has 0 fully saturated rings. The summed E-state index contributed by atoms with van der Waals surface area (Å²) in [5.41, 5.74) is 2.94. The van der Waals surface area contributed by atoms with E-state index < -0.39 is 0 Å². The number of nitrogens with one attached hydrogen (secondary N) is 1. The maximum Gasteiger partial charge on any atom is 0.0601 e. The highest BCUT2D eigenvalue weighted by Crippen LogP contribution is 2.29. The van der Waals surface area contributed by atoms with Crippen LogP contribution in [0.1, 0.15) is 26.3 Å². The van der Waals surface area contributed by atoms with Gasteiger partial charge < -0.3 is 4.98 Å². The summed E-state index contributed by atoms with van der Waals surface area (Å²) in [5.74, 6) is 0. The smallest absolute Gasteiger partial charge is 0.0601 e. The van der Waals surface area contributed by atoms with Gasteiger partial charge in [-0.1, -0.05) is 32.9 Å². The van der Waals surface area contributed by atoms with Crippen LogP contribution < -0.4 is 0 Å². The minimum absolute atomic E-state index is 0.331. The fourth-order valence-electron chi connectivity index (χ4n) is 1.89. The van der Waals surface area contributed by atoms with E-state index in [0.717, 1.165) is 10.9 Å². The van der Waals surface area contributed by atoms with E-state index in [1.54, 1.807) is 0 Å². The maximum atomic E-state index is 3.56. The van der Waals surface area contributed by atoms with Crippen molar-refractivity contribution in [2.75, 3.05) is 0 Å². The second kappa shape index (κ2) is 3.67. The minimum Gasteiger partial charge on any atom is -0.360 e. The lowest BCUT2D eigenvalue weighted by Gasteiger charge is -2.17. The third-order valence-corrected chi connectivity index (χ3v) is 3.13. The molecule has 0 unspecified atom stereocenters. The molecule has 0 saturated heterocycles. The summed E-state index contributed by atoms with van der Waals surface area (Å²) in [6.07, 6.45) is 3.23. The quantitative estimate of drug-likeness (QED) is 0.781. The van der Waals surface area contributed by atoms with Crippen LogP contribution in [0.3, 0.4) is 0 Å². The zero-order valence-corrected chi connectivity index (χ0v) is 11.0. The van der Waals surface area contributed by atoms with Crippen LogP contribution >= 0.6 is 15.9 Å². The predicted molar refractivity (Wildman–Crippen MR) is 69.2 cm³/mol. The van der Waals surface area contributed by atoms with Gasteiger partial charge in [-0.15, -0.1) is 0 Å². The van der Waals surface area contributed by atoms with Crippen molar-refractivity contribution in [1.82, 2.24) is 4.98 Å². The van der Waals surface area contributed by atoms with Crippen molar-refractivity contribution < 1.29 is 0 Å². The molecule has 0 amide bonds. The van der Waals surface area contributed by atoms with E-state index in [1.807, 2.05) is 0 Å². The minimum atomic E-state index is 0.331. The number of benzene rings is 1. The van der Waals surface area contributed by atoms with Gasteiger partial charge in [0.2, 0.25) is 0 Å². The Kier molecular flexibility index (Phi) is 2.63. The molecule has 2 heteroatoms. The molecule has 80 valence electrons. The predicted octanol–water partition coefficient (Wildman–Crippen LogP) is 4.52. The highest BCUT2D eigenvalue weighted by molar-refractivity contribution is 9.10. The number of halogens is 1. The van der Waals surface area contributed by atoms with Crippen LogP contribution in [0.15, 0.2) is 28.9 Å². The third-order valence-electron chi connectivity index (χ3n) is 2.47. The van der Waals surface area contributed by atoms with Gasteiger partial charge in [-0.3, -0.25) is 0 Å². The molecule has 1 N–H and O–H groups in total. The molecule has 0 aliphatic rings. The summed E-state index contributed by atoms with van der Waals surface area (Å²) in [6.45, 7) is 6.80. The third kappa shape index (κ3) is 2.25. The summed E-state index contributed by atoms with van der Waals surface area (Å²) in [5, 5.41) is 1.33. The molecule has 1 heterocycles. The van der Waals surface area contributed by atoms with Crippen LogP contribution in [-0.4, -0.2) is 4.98 Å². The lowest BCUT2D eigenvalue weighted by molar-refractivity contribution is 0.412. The van der Waals surface area contributed by atoms with Crippen molar-refractivity contribution in [3.8, 4) is 0 Å². The van der Waals surface area contributed by atoms with Crippen LogP contribution in [0.5, 0.6) is 0 Å². The van der Waals surface area contributed by atoms with Crippen LogP contribution in [0.25, 0.3) is 10.9 Å². The number of H-pyrrole nitrogens is 1. The summed E-state index contributed by atoms with van der Waals surface area (Å²) in [7, 11) is 0. The second-order valence-electron chi connectivity index (χ2n) is 5.21. The van der Waals surface area contributed by atoms with Gasteiger partial charge in [0.15, 0.2) is 0 Å². The van der Waals surface area contributed by atoms with Crippen molar-refractivity contribution in [2.45, 2.75) is 27.2 Å². The number of aromatic amines is 1.